The standard InChI is InChI=1S/C28H39F2NO3.C2H2/c1-26(2,3)21-6-4-5-7-22(16-21)28(12-10-27(34,19-32)11-13-28)31-18-25(33)9-8-20-14-23(29)17-24(30)15-20;1-2/h4-5,7,14-17,25,31-34H,6,8-13,18-19H2,1-3H3;1-2H. The van der Waals surface area contributed by atoms with Crippen molar-refractivity contribution in [1.29, 1.82) is 0 Å². The Bertz CT molecular complexity index is 959. The summed E-state index contributed by atoms with van der Waals surface area (Å²) in [6.07, 6.45) is 19.6. The molecule has 4 N–H and O–H groups in total. The molecule has 0 aliphatic heterocycles. The van der Waals surface area contributed by atoms with E-state index >= 15 is 0 Å². The van der Waals surface area contributed by atoms with Gasteiger partial charge in [-0.3, -0.25) is 0 Å². The summed E-state index contributed by atoms with van der Waals surface area (Å²) in [5.74, 6) is -1.23. The van der Waals surface area contributed by atoms with Gasteiger partial charge in [0.25, 0.3) is 0 Å². The lowest BCUT2D eigenvalue weighted by Gasteiger charge is -2.45. The van der Waals surface area contributed by atoms with Crippen LogP contribution in [-0.4, -0.2) is 45.7 Å². The van der Waals surface area contributed by atoms with E-state index in [4.69, 9.17) is 0 Å². The lowest BCUT2D eigenvalue weighted by atomic mass is 9.69. The second kappa shape index (κ2) is 12.8. The Balaban J connectivity index is 0.00000222. The monoisotopic (exact) mass is 501 g/mol. The van der Waals surface area contributed by atoms with Gasteiger partial charge in [-0.15, -0.1) is 12.8 Å². The molecule has 1 atom stereocenters. The zero-order valence-corrected chi connectivity index (χ0v) is 21.7. The number of hydrogen-bond donors (Lipinski definition) is 4. The number of nitrogens with one attached hydrogen (secondary N) is 1. The van der Waals surface area contributed by atoms with Crippen LogP contribution in [0.3, 0.4) is 0 Å². The van der Waals surface area contributed by atoms with Gasteiger partial charge in [-0.2, -0.15) is 0 Å². The summed E-state index contributed by atoms with van der Waals surface area (Å²) in [5.41, 5.74) is 1.43. The smallest absolute Gasteiger partial charge is 0.126 e. The lowest BCUT2D eigenvalue weighted by molar-refractivity contribution is -0.0562. The molecule has 4 nitrogen and oxygen atoms in total. The quantitative estimate of drug-likeness (QED) is 0.379. The van der Waals surface area contributed by atoms with Crippen LogP contribution in [0, 0.1) is 29.9 Å². The van der Waals surface area contributed by atoms with Crippen molar-refractivity contribution in [3.63, 3.8) is 0 Å². The van der Waals surface area contributed by atoms with Crippen LogP contribution in [0.5, 0.6) is 0 Å². The van der Waals surface area contributed by atoms with Gasteiger partial charge in [-0.1, -0.05) is 50.6 Å². The summed E-state index contributed by atoms with van der Waals surface area (Å²) < 4.78 is 26.9. The van der Waals surface area contributed by atoms with Crippen LogP contribution in [0.1, 0.15) is 64.9 Å². The lowest BCUT2D eigenvalue weighted by Crippen LogP contribution is -2.55. The van der Waals surface area contributed by atoms with Crippen molar-refractivity contribution in [2.24, 2.45) is 5.41 Å². The molecule has 0 radical (unpaired) electrons. The molecule has 0 bridgehead atoms. The van der Waals surface area contributed by atoms with Crippen molar-refractivity contribution in [3.05, 3.63) is 70.8 Å². The number of benzene rings is 1. The van der Waals surface area contributed by atoms with Crippen LogP contribution in [0.25, 0.3) is 0 Å². The molecule has 2 aliphatic carbocycles. The molecule has 1 unspecified atom stereocenters. The Morgan fingerprint density at radius 3 is 2.22 bits per heavy atom. The van der Waals surface area contributed by atoms with Crippen LogP contribution in [0.15, 0.2) is 53.6 Å². The number of halogens is 2. The van der Waals surface area contributed by atoms with Gasteiger partial charge in [0, 0.05) is 18.2 Å². The zero-order valence-electron chi connectivity index (χ0n) is 21.7. The van der Waals surface area contributed by atoms with E-state index in [0.717, 1.165) is 18.1 Å². The van der Waals surface area contributed by atoms with Gasteiger partial charge >= 0.3 is 0 Å². The third-order valence-corrected chi connectivity index (χ3v) is 7.29. The summed E-state index contributed by atoms with van der Waals surface area (Å²) in [6, 6.07) is 3.43. The van der Waals surface area contributed by atoms with Crippen molar-refractivity contribution in [2.75, 3.05) is 13.2 Å². The molecule has 198 valence electrons. The minimum Gasteiger partial charge on any atom is -0.393 e. The van der Waals surface area contributed by atoms with E-state index in [-0.39, 0.29) is 12.0 Å². The minimum atomic E-state index is -1.08. The van der Waals surface area contributed by atoms with Crippen LogP contribution in [-0.2, 0) is 6.42 Å². The Kier molecular flexibility index (Phi) is 10.6. The maximum absolute atomic E-state index is 13.5. The summed E-state index contributed by atoms with van der Waals surface area (Å²) in [6.45, 7) is 6.63. The largest absolute Gasteiger partial charge is 0.393 e. The molecular weight excluding hydrogens is 460 g/mol. The van der Waals surface area contributed by atoms with Gasteiger partial charge in [-0.25, -0.2) is 8.78 Å². The van der Waals surface area contributed by atoms with Gasteiger partial charge in [0.05, 0.1) is 18.3 Å². The molecule has 1 aromatic carbocycles. The van der Waals surface area contributed by atoms with Gasteiger partial charge in [0.15, 0.2) is 0 Å². The summed E-state index contributed by atoms with van der Waals surface area (Å²) >= 11 is 0. The maximum atomic E-state index is 13.5. The van der Waals surface area contributed by atoms with Crippen molar-refractivity contribution < 1.29 is 24.1 Å². The van der Waals surface area contributed by atoms with Crippen LogP contribution in [0.2, 0.25) is 0 Å². The first-order valence-corrected chi connectivity index (χ1v) is 12.6. The molecule has 1 saturated carbocycles. The normalized spacial score (nSPS) is 25.2. The minimum absolute atomic E-state index is 0.00913. The fourth-order valence-corrected chi connectivity index (χ4v) is 4.85. The van der Waals surface area contributed by atoms with Gasteiger partial charge in [0.2, 0.25) is 0 Å². The van der Waals surface area contributed by atoms with E-state index in [1.807, 2.05) is 0 Å². The van der Waals surface area contributed by atoms with E-state index in [2.05, 4.69) is 63.2 Å². The first-order valence-electron chi connectivity index (χ1n) is 12.6. The van der Waals surface area contributed by atoms with Gasteiger partial charge in [0.1, 0.15) is 11.6 Å². The Morgan fingerprint density at radius 1 is 1.06 bits per heavy atom. The van der Waals surface area contributed by atoms with Gasteiger partial charge < -0.3 is 20.6 Å². The predicted molar refractivity (Wildman–Crippen MR) is 141 cm³/mol. The van der Waals surface area contributed by atoms with Crippen molar-refractivity contribution >= 4 is 0 Å². The fraction of sp³-hybridized carbons (Fsp3) is 0.533. The predicted octanol–water partition coefficient (Wildman–Crippen LogP) is 4.99. The molecule has 6 heteroatoms. The molecule has 0 saturated heterocycles. The zero-order chi connectivity index (χ0) is 27.0. The number of terminal acetylenes is 1. The van der Waals surface area contributed by atoms with Crippen LogP contribution >= 0.6 is 0 Å². The average molecular weight is 502 g/mol. The Hall–Kier alpha value is -2.30. The number of aliphatic hydroxyl groups excluding tert-OH is 2. The molecule has 2 aliphatic rings. The Labute approximate surface area is 214 Å². The highest BCUT2D eigenvalue weighted by Gasteiger charge is 2.43. The highest BCUT2D eigenvalue weighted by molar-refractivity contribution is 5.41. The summed E-state index contributed by atoms with van der Waals surface area (Å²) in [4.78, 5) is 0. The molecule has 1 fully saturated rings. The number of rotatable bonds is 8. The third-order valence-electron chi connectivity index (χ3n) is 7.29. The molecule has 3 rings (SSSR count). The van der Waals surface area contributed by atoms with E-state index < -0.39 is 28.9 Å². The van der Waals surface area contributed by atoms with E-state index in [1.54, 1.807) is 0 Å². The Morgan fingerprint density at radius 2 is 1.67 bits per heavy atom. The third kappa shape index (κ3) is 8.11. The molecule has 1 aromatic rings. The molecule has 0 amide bonds. The van der Waals surface area contributed by atoms with E-state index in [0.29, 0.717) is 50.6 Å². The maximum Gasteiger partial charge on any atom is 0.126 e. The SMILES string of the molecule is C#C.CC(C)(C)C1=CC(C2(NCC(O)CCc3cc(F)cc(F)c3)CCC(O)(CO)CC2)=CC=CC1. The van der Waals surface area contributed by atoms with E-state index in [1.165, 1.54) is 17.7 Å². The molecular formula is C30H41F2NO3. The van der Waals surface area contributed by atoms with Crippen LogP contribution < -0.4 is 5.32 Å². The molecule has 0 heterocycles. The second-order valence-corrected chi connectivity index (χ2v) is 11.0. The number of hydrogen-bond acceptors (Lipinski definition) is 4. The van der Waals surface area contributed by atoms with Crippen molar-refractivity contribution in [2.45, 2.75) is 83.0 Å². The molecule has 0 aromatic heterocycles. The topological polar surface area (TPSA) is 72.7 Å². The van der Waals surface area contributed by atoms with Crippen molar-refractivity contribution in [1.82, 2.24) is 5.32 Å². The number of β-amino-alcohol motifs (C(OH)–C–C–N with tert-alkyl or cyclic N) is 1. The highest BCUT2D eigenvalue weighted by atomic mass is 19.1. The highest BCUT2D eigenvalue weighted by Crippen LogP contribution is 2.42. The fourth-order valence-electron chi connectivity index (χ4n) is 4.85. The van der Waals surface area contributed by atoms with Gasteiger partial charge in [-0.05, 0) is 73.6 Å². The first kappa shape index (κ1) is 29.9. The summed E-state index contributed by atoms with van der Waals surface area (Å²) in [7, 11) is 0. The second-order valence-electron chi connectivity index (χ2n) is 11.0. The first-order chi connectivity index (χ1) is 16.9. The van der Waals surface area contributed by atoms with Crippen molar-refractivity contribution in [3.8, 4) is 12.8 Å². The average Bonchev–Trinajstić information content (AvgIpc) is 3.11. The van der Waals surface area contributed by atoms with Crippen LogP contribution in [0.4, 0.5) is 8.78 Å². The molecule has 36 heavy (non-hydrogen) atoms. The number of allylic oxidation sites excluding steroid dienone is 4. The van der Waals surface area contributed by atoms with E-state index in [9.17, 15) is 24.1 Å². The molecule has 0 spiro atoms. The summed E-state index contributed by atoms with van der Waals surface area (Å²) in [5, 5.41) is 34.6. The number of aliphatic hydroxyl groups is 3. The number of aryl methyl sites for hydroxylation is 1.